The third-order valence-electron chi connectivity index (χ3n) is 3.43. The van der Waals surface area contributed by atoms with Crippen molar-refractivity contribution in [2.75, 3.05) is 22.9 Å². The number of nitrogens with zero attached hydrogens (tertiary/aromatic N) is 1. The molecule has 0 saturated carbocycles. The van der Waals surface area contributed by atoms with Crippen LogP contribution in [0.4, 0.5) is 16.2 Å². The lowest BCUT2D eigenvalue weighted by Crippen LogP contribution is -2.28. The van der Waals surface area contributed by atoms with Gasteiger partial charge in [-0.3, -0.25) is 4.79 Å². The maximum atomic E-state index is 12.1. The maximum absolute atomic E-state index is 12.1. The van der Waals surface area contributed by atoms with Crippen molar-refractivity contribution >= 4 is 46.2 Å². The van der Waals surface area contributed by atoms with Crippen LogP contribution in [0.25, 0.3) is 11.1 Å². The first-order valence-electron chi connectivity index (χ1n) is 8.18. The van der Waals surface area contributed by atoms with Crippen molar-refractivity contribution in [3.8, 4) is 0 Å². The van der Waals surface area contributed by atoms with Gasteiger partial charge in [0, 0.05) is 17.9 Å². The van der Waals surface area contributed by atoms with Gasteiger partial charge in [-0.15, -0.1) is 6.58 Å². The van der Waals surface area contributed by atoms with E-state index in [1.807, 2.05) is 24.3 Å². The summed E-state index contributed by atoms with van der Waals surface area (Å²) in [7, 11) is 0. The second-order valence-corrected chi connectivity index (χ2v) is 6.41. The Morgan fingerprint density at radius 1 is 1.07 bits per heavy atom. The first-order valence-corrected chi connectivity index (χ1v) is 9.16. The van der Waals surface area contributed by atoms with Crippen LogP contribution in [0.15, 0.2) is 70.8 Å². The SMILES string of the molecule is C=CCNC(=O)Nc1ccc(NC(=O)CSc2nc3ccccc3o2)cc1. The Morgan fingerprint density at radius 3 is 2.48 bits per heavy atom. The Hall–Kier alpha value is -3.26. The molecule has 0 aliphatic rings. The zero-order valence-corrected chi connectivity index (χ0v) is 15.2. The van der Waals surface area contributed by atoms with E-state index in [1.165, 1.54) is 11.8 Å². The van der Waals surface area contributed by atoms with E-state index in [0.29, 0.717) is 28.7 Å². The Bertz CT molecular complexity index is 920. The van der Waals surface area contributed by atoms with Crippen LogP contribution in [0.1, 0.15) is 0 Å². The quantitative estimate of drug-likeness (QED) is 0.426. The van der Waals surface area contributed by atoms with Gasteiger partial charge in [0.25, 0.3) is 5.22 Å². The van der Waals surface area contributed by atoms with Crippen molar-refractivity contribution in [2.24, 2.45) is 0 Å². The summed E-state index contributed by atoms with van der Waals surface area (Å²) >= 11 is 1.23. The summed E-state index contributed by atoms with van der Waals surface area (Å²) in [5, 5.41) is 8.54. The van der Waals surface area contributed by atoms with E-state index in [4.69, 9.17) is 4.42 Å². The number of nitrogens with one attached hydrogen (secondary N) is 3. The van der Waals surface area contributed by atoms with E-state index >= 15 is 0 Å². The highest BCUT2D eigenvalue weighted by molar-refractivity contribution is 7.99. The molecule has 0 spiro atoms. The molecule has 7 nitrogen and oxygen atoms in total. The van der Waals surface area contributed by atoms with Crippen LogP contribution >= 0.6 is 11.8 Å². The molecule has 0 atom stereocenters. The topological polar surface area (TPSA) is 96.3 Å². The fourth-order valence-electron chi connectivity index (χ4n) is 2.21. The average molecular weight is 382 g/mol. The molecule has 0 aliphatic carbocycles. The molecule has 138 valence electrons. The predicted molar refractivity (Wildman–Crippen MR) is 107 cm³/mol. The largest absolute Gasteiger partial charge is 0.431 e. The van der Waals surface area contributed by atoms with Crippen LogP contribution in [-0.2, 0) is 4.79 Å². The fraction of sp³-hybridized carbons (Fsp3) is 0.105. The molecule has 3 amide bonds. The molecule has 0 saturated heterocycles. The number of carbonyl (C=O) groups is 2. The summed E-state index contributed by atoms with van der Waals surface area (Å²) in [5.74, 6) is 0.00300. The number of amides is 3. The predicted octanol–water partition coefficient (Wildman–Crippen LogP) is 3.87. The molecule has 1 heterocycles. The van der Waals surface area contributed by atoms with Crippen LogP contribution in [0, 0.1) is 0 Å². The van der Waals surface area contributed by atoms with Crippen molar-refractivity contribution in [3.05, 3.63) is 61.2 Å². The van der Waals surface area contributed by atoms with Gasteiger partial charge in [0.1, 0.15) is 5.52 Å². The molecule has 0 bridgehead atoms. The van der Waals surface area contributed by atoms with E-state index in [0.717, 1.165) is 5.52 Å². The zero-order chi connectivity index (χ0) is 19.1. The molecule has 3 rings (SSSR count). The monoisotopic (exact) mass is 382 g/mol. The number of oxazole rings is 1. The molecule has 0 unspecified atom stereocenters. The van der Waals surface area contributed by atoms with Gasteiger partial charge in [0.15, 0.2) is 5.58 Å². The number of anilines is 2. The minimum atomic E-state index is -0.318. The number of para-hydroxylation sites is 2. The summed E-state index contributed by atoms with van der Waals surface area (Å²) in [6.45, 7) is 3.92. The standard InChI is InChI=1S/C19H18N4O3S/c1-2-11-20-18(25)22-14-9-7-13(8-10-14)21-17(24)12-27-19-23-15-5-3-4-6-16(15)26-19/h2-10H,1,11-12H2,(H,21,24)(H2,20,22,25). The molecule has 1 aromatic heterocycles. The summed E-state index contributed by atoms with van der Waals surface area (Å²) in [6.07, 6.45) is 1.59. The first-order chi connectivity index (χ1) is 13.1. The first kappa shape index (κ1) is 18.5. The number of hydrogen-bond acceptors (Lipinski definition) is 5. The van der Waals surface area contributed by atoms with Gasteiger partial charge in [-0.1, -0.05) is 30.0 Å². The molecular weight excluding hydrogens is 364 g/mol. The molecular formula is C19H18N4O3S. The van der Waals surface area contributed by atoms with Crippen molar-refractivity contribution in [1.29, 1.82) is 0 Å². The summed E-state index contributed by atoms with van der Waals surface area (Å²) in [6, 6.07) is 14.0. The van der Waals surface area contributed by atoms with Crippen LogP contribution < -0.4 is 16.0 Å². The number of fused-ring (bicyclic) bond motifs is 1. The Labute approximate surface area is 160 Å². The highest BCUT2D eigenvalue weighted by atomic mass is 32.2. The Kier molecular flexibility index (Phi) is 6.11. The van der Waals surface area contributed by atoms with Gasteiger partial charge in [0.2, 0.25) is 5.91 Å². The van der Waals surface area contributed by atoms with Crippen LogP contribution in [0.2, 0.25) is 0 Å². The molecule has 0 fully saturated rings. The van der Waals surface area contributed by atoms with E-state index < -0.39 is 0 Å². The summed E-state index contributed by atoms with van der Waals surface area (Å²) in [4.78, 5) is 28.0. The van der Waals surface area contributed by atoms with Gasteiger partial charge in [-0.05, 0) is 36.4 Å². The minimum Gasteiger partial charge on any atom is -0.431 e. The van der Waals surface area contributed by atoms with Crippen molar-refractivity contribution in [1.82, 2.24) is 10.3 Å². The lowest BCUT2D eigenvalue weighted by molar-refractivity contribution is -0.113. The highest BCUT2D eigenvalue weighted by Gasteiger charge is 2.09. The average Bonchev–Trinajstić information content (AvgIpc) is 3.09. The smallest absolute Gasteiger partial charge is 0.319 e. The van der Waals surface area contributed by atoms with E-state index in [2.05, 4.69) is 27.5 Å². The highest BCUT2D eigenvalue weighted by Crippen LogP contribution is 2.23. The lowest BCUT2D eigenvalue weighted by Gasteiger charge is -2.08. The molecule has 3 N–H and O–H groups in total. The van der Waals surface area contributed by atoms with Crippen LogP contribution in [0.5, 0.6) is 0 Å². The molecule has 0 radical (unpaired) electrons. The minimum absolute atomic E-state index is 0.174. The van der Waals surface area contributed by atoms with E-state index in [1.54, 1.807) is 30.3 Å². The third-order valence-corrected chi connectivity index (χ3v) is 4.26. The summed E-state index contributed by atoms with van der Waals surface area (Å²) < 4.78 is 5.57. The maximum Gasteiger partial charge on any atom is 0.319 e. The van der Waals surface area contributed by atoms with E-state index in [-0.39, 0.29) is 17.7 Å². The third kappa shape index (κ3) is 5.35. The van der Waals surface area contributed by atoms with Crippen LogP contribution in [-0.4, -0.2) is 29.2 Å². The second kappa shape index (κ2) is 8.91. The van der Waals surface area contributed by atoms with Crippen molar-refractivity contribution in [2.45, 2.75) is 5.22 Å². The van der Waals surface area contributed by atoms with Gasteiger partial charge in [-0.2, -0.15) is 0 Å². The van der Waals surface area contributed by atoms with Crippen LogP contribution in [0.3, 0.4) is 0 Å². The summed E-state index contributed by atoms with van der Waals surface area (Å²) in [5.41, 5.74) is 2.71. The van der Waals surface area contributed by atoms with Crippen molar-refractivity contribution in [3.63, 3.8) is 0 Å². The van der Waals surface area contributed by atoms with Crippen molar-refractivity contribution < 1.29 is 14.0 Å². The Balaban J connectivity index is 1.48. The normalized spacial score (nSPS) is 10.4. The number of benzene rings is 2. The Morgan fingerprint density at radius 2 is 1.78 bits per heavy atom. The molecule has 27 heavy (non-hydrogen) atoms. The molecule has 0 aliphatic heterocycles. The van der Waals surface area contributed by atoms with Gasteiger partial charge in [0.05, 0.1) is 5.75 Å². The van der Waals surface area contributed by atoms with Gasteiger partial charge < -0.3 is 20.4 Å². The number of aromatic nitrogens is 1. The number of thioether (sulfide) groups is 1. The van der Waals surface area contributed by atoms with Gasteiger partial charge in [-0.25, -0.2) is 9.78 Å². The number of urea groups is 1. The number of hydrogen-bond donors (Lipinski definition) is 3. The fourth-order valence-corrected chi connectivity index (χ4v) is 2.85. The zero-order valence-electron chi connectivity index (χ0n) is 14.4. The van der Waals surface area contributed by atoms with Gasteiger partial charge >= 0.3 is 6.03 Å². The molecule has 8 heteroatoms. The lowest BCUT2D eigenvalue weighted by atomic mass is 10.3. The second-order valence-electron chi connectivity index (χ2n) is 5.49. The molecule has 3 aromatic rings. The number of carbonyl (C=O) groups excluding carboxylic acids is 2. The number of rotatable bonds is 7. The molecule has 2 aromatic carbocycles. The van der Waals surface area contributed by atoms with E-state index in [9.17, 15) is 9.59 Å².